The SMILES string of the molecule is COC1CN(C(=O)NC(=O)CCC(=O)O)CCC1C. The third kappa shape index (κ3) is 4.86. The molecule has 7 nitrogen and oxygen atoms in total. The van der Waals surface area contributed by atoms with Crippen molar-refractivity contribution in [2.45, 2.75) is 32.3 Å². The second-order valence-corrected chi connectivity index (χ2v) is 4.73. The van der Waals surface area contributed by atoms with E-state index < -0.39 is 17.9 Å². The number of piperidine rings is 1. The summed E-state index contributed by atoms with van der Waals surface area (Å²) in [5, 5.41) is 10.6. The van der Waals surface area contributed by atoms with Crippen LogP contribution < -0.4 is 5.32 Å². The lowest BCUT2D eigenvalue weighted by Crippen LogP contribution is -2.51. The van der Waals surface area contributed by atoms with Crippen LogP contribution in [0, 0.1) is 5.92 Å². The van der Waals surface area contributed by atoms with Crippen LogP contribution >= 0.6 is 0 Å². The Kier molecular flexibility index (Phi) is 5.75. The van der Waals surface area contributed by atoms with Gasteiger partial charge in [0.05, 0.1) is 12.5 Å². The van der Waals surface area contributed by atoms with Gasteiger partial charge in [-0.05, 0) is 12.3 Å². The van der Waals surface area contributed by atoms with E-state index in [2.05, 4.69) is 12.2 Å². The van der Waals surface area contributed by atoms with Crippen molar-refractivity contribution in [2.75, 3.05) is 20.2 Å². The van der Waals surface area contributed by atoms with Crippen LogP contribution in [-0.4, -0.2) is 54.2 Å². The summed E-state index contributed by atoms with van der Waals surface area (Å²) in [4.78, 5) is 35.0. The number of urea groups is 1. The third-order valence-corrected chi connectivity index (χ3v) is 3.29. The lowest BCUT2D eigenvalue weighted by atomic mass is 9.96. The number of rotatable bonds is 4. The first-order chi connectivity index (χ1) is 8.93. The summed E-state index contributed by atoms with van der Waals surface area (Å²) in [5.41, 5.74) is 0. The smallest absolute Gasteiger partial charge is 0.324 e. The average molecular weight is 272 g/mol. The third-order valence-electron chi connectivity index (χ3n) is 3.29. The molecule has 0 spiro atoms. The van der Waals surface area contributed by atoms with E-state index in [1.54, 1.807) is 7.11 Å². The van der Waals surface area contributed by atoms with Gasteiger partial charge in [0.25, 0.3) is 0 Å². The maximum Gasteiger partial charge on any atom is 0.324 e. The zero-order valence-corrected chi connectivity index (χ0v) is 11.2. The average Bonchev–Trinajstić information content (AvgIpc) is 2.36. The predicted octanol–water partition coefficient (Wildman–Crippen LogP) is 0.444. The summed E-state index contributed by atoms with van der Waals surface area (Å²) in [5.74, 6) is -1.26. The molecule has 0 aliphatic carbocycles. The van der Waals surface area contributed by atoms with Gasteiger partial charge in [0.1, 0.15) is 0 Å². The first-order valence-electron chi connectivity index (χ1n) is 6.27. The number of ether oxygens (including phenoxy) is 1. The van der Waals surface area contributed by atoms with Crippen molar-refractivity contribution in [3.05, 3.63) is 0 Å². The molecule has 0 aromatic carbocycles. The highest BCUT2D eigenvalue weighted by Gasteiger charge is 2.29. The van der Waals surface area contributed by atoms with Crippen LogP contribution in [-0.2, 0) is 14.3 Å². The fraction of sp³-hybridized carbons (Fsp3) is 0.750. The van der Waals surface area contributed by atoms with Gasteiger partial charge in [-0.25, -0.2) is 4.79 Å². The number of carboxylic acids is 1. The highest BCUT2D eigenvalue weighted by atomic mass is 16.5. The van der Waals surface area contributed by atoms with Crippen LogP contribution in [0.4, 0.5) is 4.79 Å². The first kappa shape index (κ1) is 15.4. The van der Waals surface area contributed by atoms with Gasteiger partial charge in [-0.15, -0.1) is 0 Å². The Morgan fingerprint density at radius 3 is 2.63 bits per heavy atom. The molecule has 2 atom stereocenters. The number of carboxylic acid groups (broad SMARTS) is 1. The molecule has 1 aliphatic rings. The van der Waals surface area contributed by atoms with Crippen molar-refractivity contribution in [3.8, 4) is 0 Å². The molecule has 1 fully saturated rings. The molecule has 0 aromatic rings. The van der Waals surface area contributed by atoms with Crippen LogP contribution in [0.5, 0.6) is 0 Å². The molecule has 2 N–H and O–H groups in total. The minimum atomic E-state index is -1.06. The number of aliphatic carboxylic acids is 1. The van der Waals surface area contributed by atoms with Gasteiger partial charge >= 0.3 is 12.0 Å². The van der Waals surface area contributed by atoms with Crippen molar-refractivity contribution < 1.29 is 24.2 Å². The van der Waals surface area contributed by atoms with Crippen molar-refractivity contribution in [1.82, 2.24) is 10.2 Å². The summed E-state index contributed by atoms with van der Waals surface area (Å²) in [6.45, 7) is 3.07. The number of nitrogens with one attached hydrogen (secondary N) is 1. The number of hydrogen-bond donors (Lipinski definition) is 2. The molecule has 0 bridgehead atoms. The monoisotopic (exact) mass is 272 g/mol. The zero-order valence-electron chi connectivity index (χ0n) is 11.2. The maximum absolute atomic E-state index is 11.8. The first-order valence-corrected chi connectivity index (χ1v) is 6.27. The van der Waals surface area contributed by atoms with Crippen molar-refractivity contribution in [2.24, 2.45) is 5.92 Å². The van der Waals surface area contributed by atoms with E-state index in [1.165, 1.54) is 4.90 Å². The largest absolute Gasteiger partial charge is 0.481 e. The Labute approximate surface area is 111 Å². The second kappa shape index (κ2) is 7.08. The quantitative estimate of drug-likeness (QED) is 0.774. The number of amides is 3. The molecular formula is C12H20N2O5. The van der Waals surface area contributed by atoms with Crippen LogP contribution in [0.25, 0.3) is 0 Å². The zero-order chi connectivity index (χ0) is 14.4. The lowest BCUT2D eigenvalue weighted by molar-refractivity contribution is -0.138. The predicted molar refractivity (Wildman–Crippen MR) is 66.6 cm³/mol. The van der Waals surface area contributed by atoms with Crippen LogP contribution in [0.15, 0.2) is 0 Å². The number of imide groups is 1. The molecule has 2 unspecified atom stereocenters. The number of methoxy groups -OCH3 is 1. The standard InChI is InChI=1S/C12H20N2O5/c1-8-5-6-14(7-9(8)19-2)12(18)13-10(15)3-4-11(16)17/h8-9H,3-7H2,1-2H3,(H,16,17)(H,13,15,18). The van der Waals surface area contributed by atoms with Crippen LogP contribution in [0.1, 0.15) is 26.2 Å². The molecule has 0 radical (unpaired) electrons. The van der Waals surface area contributed by atoms with Gasteiger partial charge in [-0.1, -0.05) is 6.92 Å². The number of likely N-dealkylation sites (tertiary alicyclic amines) is 1. The van der Waals surface area contributed by atoms with E-state index >= 15 is 0 Å². The van der Waals surface area contributed by atoms with Crippen molar-refractivity contribution in [1.29, 1.82) is 0 Å². The van der Waals surface area contributed by atoms with Gasteiger partial charge < -0.3 is 14.7 Å². The summed E-state index contributed by atoms with van der Waals surface area (Å²) >= 11 is 0. The second-order valence-electron chi connectivity index (χ2n) is 4.73. The Bertz CT molecular complexity index is 358. The Hall–Kier alpha value is -1.63. The number of nitrogens with zero attached hydrogens (tertiary/aromatic N) is 1. The van der Waals surface area contributed by atoms with Crippen molar-refractivity contribution >= 4 is 17.9 Å². The maximum atomic E-state index is 11.8. The van der Waals surface area contributed by atoms with Crippen LogP contribution in [0.3, 0.4) is 0 Å². The highest BCUT2D eigenvalue weighted by molar-refractivity contribution is 5.95. The molecule has 108 valence electrons. The molecule has 1 saturated heterocycles. The molecule has 0 saturated carbocycles. The van der Waals surface area contributed by atoms with E-state index in [4.69, 9.17) is 9.84 Å². The van der Waals surface area contributed by atoms with E-state index in [-0.39, 0.29) is 18.9 Å². The number of hydrogen-bond acceptors (Lipinski definition) is 4. The fourth-order valence-corrected chi connectivity index (χ4v) is 2.01. The molecule has 1 heterocycles. The van der Waals surface area contributed by atoms with Gasteiger partial charge in [0, 0.05) is 26.6 Å². The molecule has 1 rings (SSSR count). The van der Waals surface area contributed by atoms with Gasteiger partial charge in [-0.2, -0.15) is 0 Å². The minimum absolute atomic E-state index is 0.0337. The van der Waals surface area contributed by atoms with Crippen LogP contribution in [0.2, 0.25) is 0 Å². The summed E-state index contributed by atoms with van der Waals surface area (Å²) in [7, 11) is 1.60. The molecule has 1 aliphatic heterocycles. The summed E-state index contributed by atoms with van der Waals surface area (Å²) in [6.07, 6.45) is 0.305. The van der Waals surface area contributed by atoms with E-state index in [9.17, 15) is 14.4 Å². The molecule has 19 heavy (non-hydrogen) atoms. The highest BCUT2D eigenvalue weighted by Crippen LogP contribution is 2.19. The summed E-state index contributed by atoms with van der Waals surface area (Å²) in [6, 6.07) is -0.482. The molecular weight excluding hydrogens is 252 g/mol. The topological polar surface area (TPSA) is 95.9 Å². The molecule has 3 amide bonds. The van der Waals surface area contributed by atoms with Gasteiger partial charge in [0.2, 0.25) is 5.91 Å². The Morgan fingerprint density at radius 2 is 2.05 bits per heavy atom. The minimum Gasteiger partial charge on any atom is -0.481 e. The molecule has 7 heteroatoms. The fourth-order valence-electron chi connectivity index (χ4n) is 2.01. The Morgan fingerprint density at radius 1 is 1.37 bits per heavy atom. The number of carbonyl (C=O) groups excluding carboxylic acids is 2. The lowest BCUT2D eigenvalue weighted by Gasteiger charge is -2.35. The van der Waals surface area contributed by atoms with Gasteiger partial charge in [-0.3, -0.25) is 14.9 Å². The van der Waals surface area contributed by atoms with Gasteiger partial charge in [0.15, 0.2) is 0 Å². The number of carbonyl (C=O) groups is 3. The van der Waals surface area contributed by atoms with Crippen molar-refractivity contribution in [3.63, 3.8) is 0 Å². The molecule has 0 aromatic heterocycles. The van der Waals surface area contributed by atoms with E-state index in [1.807, 2.05) is 0 Å². The van der Waals surface area contributed by atoms with E-state index in [0.29, 0.717) is 19.0 Å². The normalized spacial score (nSPS) is 22.9. The Balaban J connectivity index is 2.41. The summed E-state index contributed by atoms with van der Waals surface area (Å²) < 4.78 is 5.28. The van der Waals surface area contributed by atoms with E-state index in [0.717, 1.165) is 6.42 Å².